The average molecular weight is 276 g/mol. The fourth-order valence-electron chi connectivity index (χ4n) is 1.98. The zero-order valence-corrected chi connectivity index (χ0v) is 10.5. The van der Waals surface area contributed by atoms with Crippen molar-refractivity contribution in [2.24, 2.45) is 0 Å². The van der Waals surface area contributed by atoms with Crippen LogP contribution < -0.4 is 9.47 Å². The molecule has 1 aromatic carbocycles. The van der Waals surface area contributed by atoms with E-state index in [-0.39, 0.29) is 13.2 Å². The Labute approximate surface area is 113 Å². The van der Waals surface area contributed by atoms with Crippen LogP contribution in [0, 0.1) is 0 Å². The molecule has 0 aliphatic carbocycles. The Bertz CT molecular complexity index is 640. The van der Waals surface area contributed by atoms with Crippen molar-refractivity contribution in [3.63, 3.8) is 0 Å². The predicted molar refractivity (Wildman–Crippen MR) is 66.2 cm³/mol. The summed E-state index contributed by atoms with van der Waals surface area (Å²) in [6, 6.07) is 5.45. The summed E-state index contributed by atoms with van der Waals surface area (Å²) in [6.07, 6.45) is 0.554. The third-order valence-corrected chi connectivity index (χ3v) is 2.92. The minimum Gasteiger partial charge on any atom is -0.481 e. The minimum atomic E-state index is -0.831. The highest BCUT2D eigenvalue weighted by Gasteiger charge is 2.16. The molecule has 0 atom stereocenters. The number of tetrazole rings is 1. The van der Waals surface area contributed by atoms with Gasteiger partial charge in [-0.3, -0.25) is 4.79 Å². The number of hydrogen-bond acceptors (Lipinski definition) is 6. The Morgan fingerprint density at radius 1 is 1.35 bits per heavy atom. The Hall–Kier alpha value is -2.64. The highest BCUT2D eigenvalue weighted by Crippen LogP contribution is 2.35. The third kappa shape index (κ3) is 2.40. The number of fused-ring (bicyclic) bond motifs is 1. The maximum atomic E-state index is 10.5. The van der Waals surface area contributed by atoms with Gasteiger partial charge in [0.25, 0.3) is 0 Å². The van der Waals surface area contributed by atoms with Crippen LogP contribution in [0.4, 0.5) is 0 Å². The van der Waals surface area contributed by atoms with E-state index in [0.717, 1.165) is 5.56 Å². The van der Waals surface area contributed by atoms with Gasteiger partial charge < -0.3 is 14.6 Å². The summed E-state index contributed by atoms with van der Waals surface area (Å²) in [4.78, 5) is 10.5. The van der Waals surface area contributed by atoms with Crippen molar-refractivity contribution in [1.82, 2.24) is 20.2 Å². The number of aryl methyl sites for hydroxylation is 1. The molecule has 0 spiro atoms. The van der Waals surface area contributed by atoms with Crippen LogP contribution in [-0.2, 0) is 11.3 Å². The summed E-state index contributed by atoms with van der Waals surface area (Å²) in [5.74, 6) is 1.10. The molecule has 2 aromatic rings. The Morgan fingerprint density at radius 2 is 2.20 bits per heavy atom. The van der Waals surface area contributed by atoms with Crippen molar-refractivity contribution < 1.29 is 19.4 Å². The second-order valence-electron chi connectivity index (χ2n) is 4.29. The Balaban J connectivity index is 1.80. The normalized spacial score (nSPS) is 12.6. The summed E-state index contributed by atoms with van der Waals surface area (Å²) in [5.41, 5.74) is 0.801. The van der Waals surface area contributed by atoms with Gasteiger partial charge in [-0.15, -0.1) is 5.10 Å². The van der Waals surface area contributed by atoms with Crippen LogP contribution in [0.25, 0.3) is 11.4 Å². The molecule has 1 N–H and O–H groups in total. The molecular weight excluding hydrogens is 264 g/mol. The third-order valence-electron chi connectivity index (χ3n) is 2.92. The second-order valence-corrected chi connectivity index (χ2v) is 4.29. The first-order valence-corrected chi connectivity index (χ1v) is 6.12. The predicted octanol–water partition coefficient (Wildman–Crippen LogP) is 0.934. The number of nitrogens with zero attached hydrogens (tertiary/aromatic N) is 4. The van der Waals surface area contributed by atoms with E-state index in [1.54, 1.807) is 10.7 Å². The second kappa shape index (κ2) is 5.16. The molecule has 0 radical (unpaired) electrons. The van der Waals surface area contributed by atoms with Crippen molar-refractivity contribution in [2.45, 2.75) is 19.4 Å². The number of aliphatic carboxylic acids is 1. The van der Waals surface area contributed by atoms with Crippen molar-refractivity contribution in [3.8, 4) is 22.9 Å². The van der Waals surface area contributed by atoms with Crippen LogP contribution in [-0.4, -0.2) is 38.1 Å². The summed E-state index contributed by atoms with van der Waals surface area (Å²) >= 11 is 0. The van der Waals surface area contributed by atoms with Gasteiger partial charge in [0, 0.05) is 18.5 Å². The lowest BCUT2D eigenvalue weighted by Gasteiger charge is -2.04. The van der Waals surface area contributed by atoms with Gasteiger partial charge in [-0.25, -0.2) is 4.68 Å². The largest absolute Gasteiger partial charge is 0.481 e. The molecule has 1 aliphatic heterocycles. The summed E-state index contributed by atoms with van der Waals surface area (Å²) < 4.78 is 12.1. The lowest BCUT2D eigenvalue weighted by Crippen LogP contribution is -2.05. The molecule has 1 aliphatic rings. The first kappa shape index (κ1) is 12.4. The van der Waals surface area contributed by atoms with E-state index < -0.39 is 5.97 Å². The first-order valence-electron chi connectivity index (χ1n) is 6.12. The van der Waals surface area contributed by atoms with Crippen molar-refractivity contribution in [3.05, 3.63) is 18.2 Å². The molecular formula is C12H12N4O4. The fraction of sp³-hybridized carbons (Fsp3) is 0.333. The Kier molecular flexibility index (Phi) is 3.20. The van der Waals surface area contributed by atoms with E-state index in [1.165, 1.54) is 0 Å². The topological polar surface area (TPSA) is 99.4 Å². The van der Waals surface area contributed by atoms with Gasteiger partial charge in [0.05, 0.1) is 0 Å². The Morgan fingerprint density at radius 3 is 3.05 bits per heavy atom. The standard InChI is InChI=1S/C12H12N4O4/c17-11(18)2-1-5-16-12(13-14-15-16)8-3-4-9-10(6-8)20-7-19-9/h3-4,6H,1-2,5,7H2,(H,17,18). The highest BCUT2D eigenvalue weighted by molar-refractivity contribution is 5.66. The van der Waals surface area contributed by atoms with Gasteiger partial charge in [-0.05, 0) is 35.0 Å². The molecule has 1 aromatic heterocycles. The van der Waals surface area contributed by atoms with Crippen LogP contribution >= 0.6 is 0 Å². The molecule has 8 heteroatoms. The number of carboxylic acids is 1. The van der Waals surface area contributed by atoms with E-state index in [9.17, 15) is 4.79 Å². The van der Waals surface area contributed by atoms with Gasteiger partial charge in [-0.2, -0.15) is 0 Å². The van der Waals surface area contributed by atoms with E-state index in [1.807, 2.05) is 12.1 Å². The maximum absolute atomic E-state index is 10.5. The van der Waals surface area contributed by atoms with Gasteiger partial charge in [0.1, 0.15) is 0 Å². The highest BCUT2D eigenvalue weighted by atomic mass is 16.7. The number of ether oxygens (including phenoxy) is 2. The van der Waals surface area contributed by atoms with Crippen LogP contribution in [0.2, 0.25) is 0 Å². The summed E-state index contributed by atoms with van der Waals surface area (Å²) in [6.45, 7) is 0.658. The number of aromatic nitrogens is 4. The van der Waals surface area contributed by atoms with Crippen LogP contribution in [0.15, 0.2) is 18.2 Å². The molecule has 0 amide bonds. The zero-order valence-electron chi connectivity index (χ0n) is 10.5. The lowest BCUT2D eigenvalue weighted by molar-refractivity contribution is -0.137. The van der Waals surface area contributed by atoms with Crippen molar-refractivity contribution in [2.75, 3.05) is 6.79 Å². The molecule has 0 saturated heterocycles. The van der Waals surface area contributed by atoms with Gasteiger partial charge in [0.15, 0.2) is 17.3 Å². The number of hydrogen-bond donors (Lipinski definition) is 1. The summed E-state index contributed by atoms with van der Waals surface area (Å²) in [7, 11) is 0. The molecule has 0 saturated carbocycles. The average Bonchev–Trinajstić information content (AvgIpc) is 3.05. The lowest BCUT2D eigenvalue weighted by atomic mass is 10.2. The van der Waals surface area contributed by atoms with Crippen molar-refractivity contribution in [1.29, 1.82) is 0 Å². The van der Waals surface area contributed by atoms with Gasteiger partial charge in [-0.1, -0.05) is 0 Å². The van der Waals surface area contributed by atoms with Crippen LogP contribution in [0.3, 0.4) is 0 Å². The van der Waals surface area contributed by atoms with Crippen LogP contribution in [0.5, 0.6) is 11.5 Å². The van der Waals surface area contributed by atoms with Gasteiger partial charge >= 0.3 is 5.97 Å². The van der Waals surface area contributed by atoms with E-state index in [2.05, 4.69) is 15.5 Å². The molecule has 3 rings (SSSR count). The van der Waals surface area contributed by atoms with Gasteiger partial charge in [0.2, 0.25) is 6.79 Å². The number of carbonyl (C=O) groups is 1. The molecule has 8 nitrogen and oxygen atoms in total. The smallest absolute Gasteiger partial charge is 0.303 e. The van der Waals surface area contributed by atoms with E-state index in [4.69, 9.17) is 14.6 Å². The fourth-order valence-corrected chi connectivity index (χ4v) is 1.98. The number of carboxylic acid groups (broad SMARTS) is 1. The van der Waals surface area contributed by atoms with Crippen molar-refractivity contribution >= 4 is 5.97 Å². The number of rotatable bonds is 5. The quantitative estimate of drug-likeness (QED) is 0.867. The first-order chi connectivity index (χ1) is 9.74. The SMILES string of the molecule is O=C(O)CCCn1nnnc1-c1ccc2c(c1)OCO2. The molecule has 0 fully saturated rings. The maximum Gasteiger partial charge on any atom is 0.303 e. The molecule has 20 heavy (non-hydrogen) atoms. The number of benzene rings is 1. The molecule has 0 unspecified atom stereocenters. The monoisotopic (exact) mass is 276 g/mol. The summed E-state index contributed by atoms with van der Waals surface area (Å²) in [5, 5.41) is 20.1. The van der Waals surface area contributed by atoms with E-state index in [0.29, 0.717) is 30.3 Å². The van der Waals surface area contributed by atoms with Crippen LogP contribution in [0.1, 0.15) is 12.8 Å². The molecule has 2 heterocycles. The van der Waals surface area contributed by atoms with E-state index >= 15 is 0 Å². The molecule has 0 bridgehead atoms. The zero-order chi connectivity index (χ0) is 13.9. The molecule has 104 valence electrons. The minimum absolute atomic E-state index is 0.0838.